The summed E-state index contributed by atoms with van der Waals surface area (Å²) in [5.74, 6) is 1.14. The van der Waals surface area contributed by atoms with Gasteiger partial charge >= 0.3 is 6.18 Å². The van der Waals surface area contributed by atoms with Crippen molar-refractivity contribution in [2.45, 2.75) is 16.8 Å². The molecule has 3 aromatic rings. The molecule has 0 saturated heterocycles. The van der Waals surface area contributed by atoms with E-state index in [9.17, 15) is 13.2 Å². The van der Waals surface area contributed by atoms with E-state index in [1.54, 1.807) is 18.0 Å². The third-order valence-corrected chi connectivity index (χ3v) is 5.27. The number of aromatic nitrogens is 2. The highest BCUT2D eigenvalue weighted by atomic mass is 35.5. The summed E-state index contributed by atoms with van der Waals surface area (Å²) in [7, 11) is 0. The molecule has 0 radical (unpaired) electrons. The van der Waals surface area contributed by atoms with Gasteiger partial charge in [-0.05, 0) is 30.3 Å². The Morgan fingerprint density at radius 3 is 2.52 bits per heavy atom. The van der Waals surface area contributed by atoms with Crippen molar-refractivity contribution in [3.63, 3.8) is 0 Å². The largest absolute Gasteiger partial charge is 0.416 e. The van der Waals surface area contributed by atoms with Crippen LogP contribution in [0.5, 0.6) is 0 Å². The third-order valence-electron chi connectivity index (χ3n) is 3.91. The monoisotopic (exact) mass is 378 g/mol. The summed E-state index contributed by atoms with van der Waals surface area (Å²) in [5.41, 5.74) is 2.53. The zero-order valence-electron chi connectivity index (χ0n) is 12.6. The van der Waals surface area contributed by atoms with Crippen molar-refractivity contribution < 1.29 is 13.2 Å². The van der Waals surface area contributed by atoms with Crippen LogP contribution >= 0.6 is 23.4 Å². The summed E-state index contributed by atoms with van der Waals surface area (Å²) in [5, 5.41) is 0.613. The van der Waals surface area contributed by atoms with Crippen LogP contribution in [-0.2, 0) is 11.9 Å². The average molecular weight is 379 g/mol. The fourth-order valence-electron chi connectivity index (χ4n) is 2.66. The first-order valence-corrected chi connectivity index (χ1v) is 8.74. The zero-order chi connectivity index (χ0) is 17.6. The van der Waals surface area contributed by atoms with Crippen LogP contribution in [0, 0.1) is 0 Å². The summed E-state index contributed by atoms with van der Waals surface area (Å²) in [6.07, 6.45) is -2.63. The van der Waals surface area contributed by atoms with Crippen LogP contribution in [0.4, 0.5) is 13.2 Å². The topological polar surface area (TPSA) is 25.8 Å². The number of halogens is 4. The van der Waals surface area contributed by atoms with Gasteiger partial charge in [0.2, 0.25) is 0 Å². The summed E-state index contributed by atoms with van der Waals surface area (Å²) in [4.78, 5) is 9.98. The second-order valence-electron chi connectivity index (χ2n) is 5.57. The van der Waals surface area contributed by atoms with Crippen molar-refractivity contribution in [3.05, 3.63) is 64.8 Å². The standard InChI is InChI=1S/C18H10ClF3N2S/c19-13-5-6-15-14(7-13)16-11(9-25-15)8-23-17(24-16)10-1-3-12(4-2-10)18(20,21)22/h1-8H,9H2. The van der Waals surface area contributed by atoms with Gasteiger partial charge in [0.1, 0.15) is 0 Å². The van der Waals surface area contributed by atoms with Crippen molar-refractivity contribution >= 4 is 23.4 Å². The molecule has 1 aliphatic heterocycles. The van der Waals surface area contributed by atoms with Gasteiger partial charge in [0.25, 0.3) is 0 Å². The molecular weight excluding hydrogens is 369 g/mol. The van der Waals surface area contributed by atoms with Gasteiger partial charge in [0, 0.05) is 38.6 Å². The minimum atomic E-state index is -4.36. The highest BCUT2D eigenvalue weighted by molar-refractivity contribution is 7.98. The Morgan fingerprint density at radius 1 is 1.04 bits per heavy atom. The summed E-state index contributed by atoms with van der Waals surface area (Å²) < 4.78 is 38.1. The smallest absolute Gasteiger partial charge is 0.236 e. The number of thioether (sulfide) groups is 1. The molecule has 0 aliphatic carbocycles. The van der Waals surface area contributed by atoms with Crippen LogP contribution in [0.3, 0.4) is 0 Å². The van der Waals surface area contributed by atoms with E-state index in [2.05, 4.69) is 9.97 Å². The number of rotatable bonds is 1. The molecule has 0 unspecified atom stereocenters. The highest BCUT2D eigenvalue weighted by Crippen LogP contribution is 2.42. The van der Waals surface area contributed by atoms with Crippen LogP contribution in [0.2, 0.25) is 5.02 Å². The van der Waals surface area contributed by atoms with Crippen molar-refractivity contribution in [3.8, 4) is 22.6 Å². The van der Waals surface area contributed by atoms with E-state index in [-0.39, 0.29) is 0 Å². The van der Waals surface area contributed by atoms with Gasteiger partial charge in [-0.3, -0.25) is 0 Å². The van der Waals surface area contributed by atoms with Gasteiger partial charge in [-0.2, -0.15) is 13.2 Å². The molecular formula is C18H10ClF3N2S. The molecule has 0 spiro atoms. The molecule has 7 heteroatoms. The van der Waals surface area contributed by atoms with E-state index in [0.29, 0.717) is 16.4 Å². The molecule has 0 bridgehead atoms. The first kappa shape index (κ1) is 16.4. The van der Waals surface area contributed by atoms with E-state index < -0.39 is 11.7 Å². The Hall–Kier alpha value is -2.05. The van der Waals surface area contributed by atoms with E-state index >= 15 is 0 Å². The fraction of sp³-hybridized carbons (Fsp3) is 0.111. The Kier molecular flexibility index (Phi) is 3.96. The SMILES string of the molecule is FC(F)(F)c1ccc(-c2ncc3c(n2)-c2cc(Cl)ccc2SC3)cc1. The first-order chi connectivity index (χ1) is 11.9. The van der Waals surface area contributed by atoms with Crippen LogP contribution in [-0.4, -0.2) is 9.97 Å². The lowest BCUT2D eigenvalue weighted by Gasteiger charge is -2.19. The molecule has 126 valence electrons. The lowest BCUT2D eigenvalue weighted by Crippen LogP contribution is -2.05. The van der Waals surface area contributed by atoms with Gasteiger partial charge in [0.15, 0.2) is 5.82 Å². The predicted octanol–water partition coefficient (Wildman–Crippen LogP) is 6.09. The van der Waals surface area contributed by atoms with E-state index in [1.165, 1.54) is 12.1 Å². The van der Waals surface area contributed by atoms with Gasteiger partial charge < -0.3 is 0 Å². The van der Waals surface area contributed by atoms with Gasteiger partial charge in [-0.25, -0.2) is 9.97 Å². The molecule has 4 rings (SSSR count). The third kappa shape index (κ3) is 3.12. The Balaban J connectivity index is 1.78. The summed E-state index contributed by atoms with van der Waals surface area (Å²) in [6.45, 7) is 0. The number of fused-ring (bicyclic) bond motifs is 3. The van der Waals surface area contributed by atoms with Crippen molar-refractivity contribution in [2.24, 2.45) is 0 Å². The average Bonchev–Trinajstić information content (AvgIpc) is 2.60. The number of hydrogen-bond donors (Lipinski definition) is 0. The quantitative estimate of drug-likeness (QED) is 0.512. The molecule has 1 aliphatic rings. The van der Waals surface area contributed by atoms with Crippen LogP contribution in [0.1, 0.15) is 11.1 Å². The molecule has 2 heterocycles. The zero-order valence-corrected chi connectivity index (χ0v) is 14.2. The second kappa shape index (κ2) is 6.04. The first-order valence-electron chi connectivity index (χ1n) is 7.38. The van der Waals surface area contributed by atoms with Gasteiger partial charge in [-0.15, -0.1) is 11.8 Å². The normalized spacial score (nSPS) is 13.3. The molecule has 1 aromatic heterocycles. The number of alkyl halides is 3. The molecule has 0 atom stereocenters. The molecule has 2 aromatic carbocycles. The predicted molar refractivity (Wildman–Crippen MR) is 92.5 cm³/mol. The molecule has 0 N–H and O–H groups in total. The molecule has 0 amide bonds. The molecule has 0 saturated carbocycles. The van der Waals surface area contributed by atoms with E-state index in [1.807, 2.05) is 18.2 Å². The molecule has 0 fully saturated rings. The van der Waals surface area contributed by atoms with E-state index in [0.717, 1.165) is 39.6 Å². The Labute approximate surface area is 151 Å². The Bertz CT molecular complexity index is 956. The van der Waals surface area contributed by atoms with Crippen LogP contribution in [0.25, 0.3) is 22.6 Å². The van der Waals surface area contributed by atoms with Gasteiger partial charge in [-0.1, -0.05) is 23.7 Å². The number of benzene rings is 2. The lowest BCUT2D eigenvalue weighted by molar-refractivity contribution is -0.137. The number of nitrogens with zero attached hydrogens (tertiary/aromatic N) is 2. The summed E-state index contributed by atoms with van der Waals surface area (Å²) in [6, 6.07) is 10.5. The van der Waals surface area contributed by atoms with Crippen molar-refractivity contribution in [1.82, 2.24) is 9.97 Å². The minimum absolute atomic E-state index is 0.394. The van der Waals surface area contributed by atoms with Gasteiger partial charge in [0.05, 0.1) is 11.3 Å². The van der Waals surface area contributed by atoms with Crippen LogP contribution in [0.15, 0.2) is 53.6 Å². The highest BCUT2D eigenvalue weighted by Gasteiger charge is 2.30. The number of hydrogen-bond acceptors (Lipinski definition) is 3. The van der Waals surface area contributed by atoms with Crippen molar-refractivity contribution in [2.75, 3.05) is 0 Å². The Morgan fingerprint density at radius 2 is 1.80 bits per heavy atom. The molecule has 25 heavy (non-hydrogen) atoms. The van der Waals surface area contributed by atoms with E-state index in [4.69, 9.17) is 11.6 Å². The molecule has 2 nitrogen and oxygen atoms in total. The fourth-order valence-corrected chi connectivity index (χ4v) is 3.83. The lowest BCUT2D eigenvalue weighted by atomic mass is 10.1. The van der Waals surface area contributed by atoms with Crippen LogP contribution < -0.4 is 0 Å². The maximum atomic E-state index is 12.7. The van der Waals surface area contributed by atoms with Crippen molar-refractivity contribution in [1.29, 1.82) is 0 Å². The maximum absolute atomic E-state index is 12.7. The second-order valence-corrected chi connectivity index (χ2v) is 7.03. The minimum Gasteiger partial charge on any atom is -0.236 e. The summed E-state index contributed by atoms with van der Waals surface area (Å²) >= 11 is 7.78. The maximum Gasteiger partial charge on any atom is 0.416 e.